The molecule has 78 valence electrons. The van der Waals surface area contributed by atoms with E-state index in [-0.39, 0.29) is 9.09 Å². The van der Waals surface area contributed by atoms with Gasteiger partial charge in [0.15, 0.2) is 0 Å². The molecule has 0 aromatic carbocycles. The number of thiophene rings is 1. The highest BCUT2D eigenvalue weighted by Crippen LogP contribution is 2.21. The number of hydrogen-bond donors (Lipinski definition) is 2. The van der Waals surface area contributed by atoms with Crippen LogP contribution in [-0.4, -0.2) is 26.6 Å². The summed E-state index contributed by atoms with van der Waals surface area (Å²) in [6.07, 6.45) is 0. The third-order valence-corrected chi connectivity index (χ3v) is 4.08. The lowest BCUT2D eigenvalue weighted by atomic mass is 10.5. The molecule has 0 amide bonds. The Kier molecular flexibility index (Phi) is 3.21. The van der Waals surface area contributed by atoms with Gasteiger partial charge in [-0.05, 0) is 12.1 Å². The fourth-order valence-corrected chi connectivity index (χ4v) is 2.67. The smallest absolute Gasteiger partial charge is 0.345 e. The minimum absolute atomic E-state index is 0.0403. The summed E-state index contributed by atoms with van der Waals surface area (Å²) in [4.78, 5) is 16.5. The molecule has 0 saturated carbocycles. The van der Waals surface area contributed by atoms with Crippen LogP contribution in [0.2, 0.25) is 0 Å². The van der Waals surface area contributed by atoms with Crippen LogP contribution in [0.3, 0.4) is 0 Å². The second-order valence-electron chi connectivity index (χ2n) is 2.21. The largest absolute Gasteiger partial charge is 0.477 e. The van der Waals surface area contributed by atoms with Crippen LogP contribution in [0, 0.1) is 0 Å². The second kappa shape index (κ2) is 4.05. The first-order valence-electron chi connectivity index (χ1n) is 3.35. The van der Waals surface area contributed by atoms with Gasteiger partial charge in [-0.2, -0.15) is 0 Å². The zero-order valence-corrected chi connectivity index (χ0v) is 8.68. The summed E-state index contributed by atoms with van der Waals surface area (Å²) in [6, 6.07) is 2.42. The quantitative estimate of drug-likeness (QED) is 0.734. The van der Waals surface area contributed by atoms with Gasteiger partial charge in [0.1, 0.15) is 9.09 Å². The third-order valence-electron chi connectivity index (χ3n) is 1.25. The molecule has 2 N–H and O–H groups in total. The van der Waals surface area contributed by atoms with Gasteiger partial charge in [0.25, 0.3) is 10.0 Å². The van der Waals surface area contributed by atoms with Gasteiger partial charge >= 0.3 is 5.97 Å². The van der Waals surface area contributed by atoms with Gasteiger partial charge in [-0.15, -0.1) is 11.3 Å². The van der Waals surface area contributed by atoms with Gasteiger partial charge < -0.3 is 5.11 Å². The Morgan fingerprint density at radius 2 is 2.21 bits per heavy atom. The average molecular weight is 237 g/mol. The van der Waals surface area contributed by atoms with E-state index >= 15 is 0 Å². The van der Waals surface area contributed by atoms with Gasteiger partial charge in [-0.1, -0.05) is 4.89 Å². The minimum Gasteiger partial charge on any atom is -0.477 e. The van der Waals surface area contributed by atoms with Crippen LogP contribution in [0.25, 0.3) is 0 Å². The second-order valence-corrected chi connectivity index (χ2v) is 5.17. The molecule has 1 rings (SSSR count). The van der Waals surface area contributed by atoms with Crippen LogP contribution < -0.4 is 4.89 Å². The Balaban J connectivity index is 3.03. The fourth-order valence-electron chi connectivity index (χ4n) is 0.730. The molecule has 1 aromatic rings. The highest BCUT2D eigenvalue weighted by atomic mass is 32.2. The van der Waals surface area contributed by atoms with Crippen molar-refractivity contribution in [3.63, 3.8) is 0 Å². The normalized spacial score (nSPS) is 11.5. The molecule has 0 fully saturated rings. The standard InChI is InChI=1S/C6H7NO5S2/c1-12-7-14(10,11)5-3-2-4(13-5)6(8)9/h2-3,7H,1H3,(H,8,9). The molecular weight excluding hydrogens is 230 g/mol. The number of hydrogen-bond acceptors (Lipinski definition) is 5. The minimum atomic E-state index is -3.74. The van der Waals surface area contributed by atoms with Crippen molar-refractivity contribution in [2.24, 2.45) is 0 Å². The molecule has 1 heterocycles. The molecule has 14 heavy (non-hydrogen) atoms. The van der Waals surface area contributed by atoms with E-state index in [1.807, 2.05) is 0 Å². The van der Waals surface area contributed by atoms with E-state index in [2.05, 4.69) is 4.84 Å². The highest BCUT2D eigenvalue weighted by Gasteiger charge is 2.18. The average Bonchev–Trinajstić information content (AvgIpc) is 2.51. The zero-order valence-electron chi connectivity index (χ0n) is 7.05. The lowest BCUT2D eigenvalue weighted by Gasteiger charge is -1.99. The molecule has 0 atom stereocenters. The van der Waals surface area contributed by atoms with Crippen LogP contribution in [0.15, 0.2) is 16.3 Å². The van der Waals surface area contributed by atoms with Gasteiger partial charge in [0, 0.05) is 0 Å². The summed E-state index contributed by atoms with van der Waals surface area (Å²) in [7, 11) is -2.58. The van der Waals surface area contributed by atoms with Crippen molar-refractivity contribution >= 4 is 27.3 Å². The molecule has 0 unspecified atom stereocenters. The molecule has 0 spiro atoms. The number of sulfonamides is 1. The number of carbonyl (C=O) groups is 1. The molecule has 0 aliphatic carbocycles. The van der Waals surface area contributed by atoms with Crippen LogP contribution in [0.1, 0.15) is 9.67 Å². The van der Waals surface area contributed by atoms with E-state index in [0.717, 1.165) is 7.11 Å². The Bertz CT molecular complexity index is 435. The van der Waals surface area contributed by atoms with Crippen LogP contribution in [0.4, 0.5) is 0 Å². The van der Waals surface area contributed by atoms with E-state index in [1.165, 1.54) is 12.1 Å². The van der Waals surface area contributed by atoms with Crippen LogP contribution >= 0.6 is 11.3 Å². The first kappa shape index (κ1) is 11.1. The first-order chi connectivity index (χ1) is 6.47. The number of nitrogens with one attached hydrogen (secondary N) is 1. The van der Waals surface area contributed by atoms with E-state index in [0.29, 0.717) is 11.3 Å². The van der Waals surface area contributed by atoms with Crippen molar-refractivity contribution in [1.29, 1.82) is 0 Å². The molecule has 0 saturated heterocycles. The van der Waals surface area contributed by atoms with E-state index < -0.39 is 16.0 Å². The summed E-state index contributed by atoms with van der Waals surface area (Å²) in [5.41, 5.74) is 0. The molecule has 0 aliphatic rings. The van der Waals surface area contributed by atoms with Gasteiger partial charge in [-0.25, -0.2) is 13.2 Å². The predicted molar refractivity (Wildman–Crippen MR) is 48.6 cm³/mol. The Morgan fingerprint density at radius 1 is 1.57 bits per heavy atom. The molecular formula is C6H7NO5S2. The summed E-state index contributed by atoms with van der Waals surface area (Å²) in [5, 5.41) is 8.56. The lowest BCUT2D eigenvalue weighted by molar-refractivity contribution is 0.0702. The van der Waals surface area contributed by atoms with Crippen molar-refractivity contribution in [2.45, 2.75) is 4.21 Å². The number of rotatable bonds is 4. The van der Waals surface area contributed by atoms with Gasteiger partial charge in [0.05, 0.1) is 7.11 Å². The molecule has 6 nitrogen and oxygen atoms in total. The summed E-state index contributed by atoms with van der Waals surface area (Å²) >= 11 is 0.658. The maximum Gasteiger partial charge on any atom is 0.345 e. The Labute approximate surface area is 84.1 Å². The third kappa shape index (κ3) is 2.29. The zero-order chi connectivity index (χ0) is 10.8. The maximum atomic E-state index is 11.2. The number of aromatic carboxylic acids is 1. The predicted octanol–water partition coefficient (Wildman–Crippen LogP) is 0.286. The Hall–Kier alpha value is -0.960. The van der Waals surface area contributed by atoms with Crippen molar-refractivity contribution in [3.8, 4) is 0 Å². The SMILES string of the molecule is CONS(=O)(=O)c1ccc(C(=O)O)s1. The van der Waals surface area contributed by atoms with Crippen molar-refractivity contribution < 1.29 is 23.2 Å². The van der Waals surface area contributed by atoms with E-state index in [9.17, 15) is 13.2 Å². The molecule has 0 radical (unpaired) electrons. The lowest BCUT2D eigenvalue weighted by Crippen LogP contribution is -2.21. The van der Waals surface area contributed by atoms with E-state index in [1.54, 1.807) is 4.89 Å². The molecule has 8 heteroatoms. The van der Waals surface area contributed by atoms with Crippen LogP contribution in [0.5, 0.6) is 0 Å². The van der Waals surface area contributed by atoms with Gasteiger partial charge in [0.2, 0.25) is 0 Å². The monoisotopic (exact) mass is 237 g/mol. The number of carboxylic acids is 1. The van der Waals surface area contributed by atoms with Crippen molar-refractivity contribution in [3.05, 3.63) is 17.0 Å². The Morgan fingerprint density at radius 3 is 2.64 bits per heavy atom. The summed E-state index contributed by atoms with van der Waals surface area (Å²) in [6.45, 7) is 0. The summed E-state index contributed by atoms with van der Waals surface area (Å²) < 4.78 is 22.4. The van der Waals surface area contributed by atoms with Crippen molar-refractivity contribution in [1.82, 2.24) is 4.89 Å². The topological polar surface area (TPSA) is 92.7 Å². The van der Waals surface area contributed by atoms with Crippen molar-refractivity contribution in [2.75, 3.05) is 7.11 Å². The van der Waals surface area contributed by atoms with E-state index in [4.69, 9.17) is 5.11 Å². The van der Waals surface area contributed by atoms with Gasteiger partial charge in [-0.3, -0.25) is 4.84 Å². The summed E-state index contributed by atoms with van der Waals surface area (Å²) in [5.74, 6) is -1.16. The first-order valence-corrected chi connectivity index (χ1v) is 5.65. The highest BCUT2D eigenvalue weighted by molar-refractivity contribution is 7.91. The molecule has 1 aromatic heterocycles. The molecule has 0 aliphatic heterocycles. The fraction of sp³-hybridized carbons (Fsp3) is 0.167. The number of carboxylic acid groups (broad SMARTS) is 1. The van der Waals surface area contributed by atoms with Crippen LogP contribution in [-0.2, 0) is 14.9 Å². The molecule has 0 bridgehead atoms. The maximum absolute atomic E-state index is 11.2.